The Bertz CT molecular complexity index is 672. The summed E-state index contributed by atoms with van der Waals surface area (Å²) < 4.78 is 0. The van der Waals surface area contributed by atoms with E-state index in [9.17, 15) is 5.11 Å². The smallest absolute Gasteiger partial charge is 0.0577 e. The first-order chi connectivity index (χ1) is 13.6. The molecule has 0 saturated heterocycles. The van der Waals surface area contributed by atoms with Gasteiger partial charge in [-0.3, -0.25) is 0 Å². The van der Waals surface area contributed by atoms with E-state index >= 15 is 0 Å². The zero-order valence-corrected chi connectivity index (χ0v) is 20.0. The molecule has 0 heterocycles. The molecule has 4 aliphatic rings. The van der Waals surface area contributed by atoms with Crippen LogP contribution in [0.3, 0.4) is 0 Å². The van der Waals surface area contributed by atoms with Crippen LogP contribution in [-0.4, -0.2) is 11.2 Å². The number of aliphatic hydroxyl groups excluding tert-OH is 1. The average Bonchev–Trinajstić information content (AvgIpc) is 2.99. The molecule has 3 fully saturated rings. The van der Waals surface area contributed by atoms with Gasteiger partial charge in [0.2, 0.25) is 0 Å². The molecule has 0 aliphatic heterocycles. The molecule has 0 aromatic carbocycles. The lowest BCUT2D eigenvalue weighted by molar-refractivity contribution is -0.0541. The van der Waals surface area contributed by atoms with Crippen molar-refractivity contribution in [2.75, 3.05) is 0 Å². The van der Waals surface area contributed by atoms with Crippen LogP contribution in [-0.2, 0) is 0 Å². The second-order valence-corrected chi connectivity index (χ2v) is 12.4. The summed E-state index contributed by atoms with van der Waals surface area (Å²) in [7, 11) is 0. The first kappa shape index (κ1) is 21.7. The Hall–Kier alpha value is -0.560. The van der Waals surface area contributed by atoms with E-state index in [1.54, 1.807) is 11.1 Å². The van der Waals surface area contributed by atoms with Crippen LogP contribution in [0.5, 0.6) is 0 Å². The predicted molar refractivity (Wildman–Crippen MR) is 124 cm³/mol. The summed E-state index contributed by atoms with van der Waals surface area (Å²) in [5.41, 5.74) is 4.12. The molecular formula is C28H46O. The van der Waals surface area contributed by atoms with Crippen molar-refractivity contribution in [1.29, 1.82) is 0 Å². The Morgan fingerprint density at radius 2 is 1.86 bits per heavy atom. The van der Waals surface area contributed by atoms with Crippen molar-refractivity contribution in [3.8, 4) is 0 Å². The highest BCUT2D eigenvalue weighted by molar-refractivity contribution is 5.25. The summed E-state index contributed by atoms with van der Waals surface area (Å²) in [6.45, 7) is 14.8. The minimum atomic E-state index is -0.0858. The van der Waals surface area contributed by atoms with Gasteiger partial charge >= 0.3 is 0 Å². The fourth-order valence-electron chi connectivity index (χ4n) is 8.82. The maximum Gasteiger partial charge on any atom is 0.0577 e. The Balaban J connectivity index is 1.54. The Morgan fingerprint density at radius 3 is 2.59 bits per heavy atom. The van der Waals surface area contributed by atoms with Gasteiger partial charge in [-0.2, -0.15) is 0 Å². The quantitative estimate of drug-likeness (QED) is 0.484. The SMILES string of the molecule is C/C(=C/[C@@H](C)[C@H]1CC[C@H]2[C@@H]3CC=C4C[C@@H](O)CC[C@]4(C)[C@H]3CC[C@]12C)CC(C)C. The summed E-state index contributed by atoms with van der Waals surface area (Å²) in [6, 6.07) is 0. The lowest BCUT2D eigenvalue weighted by Gasteiger charge is -2.58. The number of hydrogen-bond donors (Lipinski definition) is 1. The molecule has 4 rings (SSSR count). The average molecular weight is 399 g/mol. The maximum absolute atomic E-state index is 10.2. The molecular weight excluding hydrogens is 352 g/mol. The van der Waals surface area contributed by atoms with Crippen molar-refractivity contribution in [2.45, 2.75) is 105 Å². The van der Waals surface area contributed by atoms with Crippen LogP contribution < -0.4 is 0 Å². The zero-order chi connectivity index (χ0) is 21.0. The number of hydrogen-bond acceptors (Lipinski definition) is 1. The minimum Gasteiger partial charge on any atom is -0.393 e. The molecule has 1 nitrogen and oxygen atoms in total. The van der Waals surface area contributed by atoms with Gasteiger partial charge in [0.05, 0.1) is 6.10 Å². The van der Waals surface area contributed by atoms with E-state index in [1.165, 1.54) is 44.9 Å². The molecule has 0 aromatic heterocycles. The van der Waals surface area contributed by atoms with Crippen LogP contribution in [0.1, 0.15) is 99.3 Å². The Kier molecular flexibility index (Phi) is 5.86. The first-order valence-corrected chi connectivity index (χ1v) is 12.7. The fraction of sp³-hybridized carbons (Fsp3) is 0.857. The third-order valence-corrected chi connectivity index (χ3v) is 10.1. The van der Waals surface area contributed by atoms with Gasteiger partial charge in [0.15, 0.2) is 0 Å². The van der Waals surface area contributed by atoms with Gasteiger partial charge in [-0.15, -0.1) is 0 Å². The van der Waals surface area contributed by atoms with Crippen molar-refractivity contribution >= 4 is 0 Å². The highest BCUT2D eigenvalue weighted by atomic mass is 16.3. The van der Waals surface area contributed by atoms with Gasteiger partial charge in [-0.05, 0) is 111 Å². The molecule has 3 saturated carbocycles. The largest absolute Gasteiger partial charge is 0.393 e. The molecule has 0 amide bonds. The standard InChI is InChI=1S/C28H46O/c1-18(2)15-19(3)16-20(4)24-9-10-25-23-8-7-21-17-22(29)11-13-27(21,5)26(23)12-14-28(24,25)6/h7,16,18,20,22-26,29H,8-15,17H2,1-6H3/b19-16-/t20-,22+,23+,24-,25+,26+,27+,28-/m1/s1. The third kappa shape index (κ3) is 3.68. The monoisotopic (exact) mass is 398 g/mol. The summed E-state index contributed by atoms with van der Waals surface area (Å²) in [4.78, 5) is 0. The summed E-state index contributed by atoms with van der Waals surface area (Å²) in [5, 5.41) is 10.2. The minimum absolute atomic E-state index is 0.0858. The third-order valence-electron chi connectivity index (χ3n) is 10.1. The van der Waals surface area contributed by atoms with E-state index in [4.69, 9.17) is 0 Å². The molecule has 0 radical (unpaired) electrons. The van der Waals surface area contributed by atoms with E-state index < -0.39 is 0 Å². The molecule has 0 bridgehead atoms. The van der Waals surface area contributed by atoms with Crippen molar-refractivity contribution in [2.24, 2.45) is 46.3 Å². The summed E-state index contributed by atoms with van der Waals surface area (Å²) >= 11 is 0. The Labute approximate surface area is 180 Å². The van der Waals surface area contributed by atoms with E-state index in [2.05, 4.69) is 53.7 Å². The topological polar surface area (TPSA) is 20.2 Å². The Morgan fingerprint density at radius 1 is 1.10 bits per heavy atom. The normalized spacial score (nSPS) is 46.0. The van der Waals surface area contributed by atoms with Gasteiger partial charge in [0.25, 0.3) is 0 Å². The number of allylic oxidation sites excluding steroid dienone is 3. The van der Waals surface area contributed by atoms with Crippen LogP contribution in [0.4, 0.5) is 0 Å². The van der Waals surface area contributed by atoms with Crippen LogP contribution in [0, 0.1) is 46.3 Å². The molecule has 4 aliphatic carbocycles. The van der Waals surface area contributed by atoms with Gasteiger partial charge in [0.1, 0.15) is 0 Å². The second-order valence-electron chi connectivity index (χ2n) is 12.4. The molecule has 0 unspecified atom stereocenters. The van der Waals surface area contributed by atoms with Crippen LogP contribution >= 0.6 is 0 Å². The number of rotatable bonds is 4. The summed E-state index contributed by atoms with van der Waals surface area (Å²) in [5.74, 6) is 5.00. The predicted octanol–water partition coefficient (Wildman–Crippen LogP) is 7.55. The molecule has 8 atom stereocenters. The number of aliphatic hydroxyl groups is 1. The number of fused-ring (bicyclic) bond motifs is 5. The zero-order valence-electron chi connectivity index (χ0n) is 20.0. The van der Waals surface area contributed by atoms with Crippen molar-refractivity contribution in [3.05, 3.63) is 23.3 Å². The van der Waals surface area contributed by atoms with E-state index in [0.29, 0.717) is 10.8 Å². The second kappa shape index (κ2) is 7.85. The highest BCUT2D eigenvalue weighted by Crippen LogP contribution is 2.67. The molecule has 29 heavy (non-hydrogen) atoms. The maximum atomic E-state index is 10.2. The van der Waals surface area contributed by atoms with Gasteiger partial charge in [-0.1, -0.05) is 57.9 Å². The van der Waals surface area contributed by atoms with E-state index in [-0.39, 0.29) is 6.10 Å². The van der Waals surface area contributed by atoms with Crippen molar-refractivity contribution < 1.29 is 5.11 Å². The van der Waals surface area contributed by atoms with Crippen molar-refractivity contribution in [3.63, 3.8) is 0 Å². The summed E-state index contributed by atoms with van der Waals surface area (Å²) in [6.07, 6.45) is 16.6. The molecule has 1 heteroatoms. The van der Waals surface area contributed by atoms with Gasteiger partial charge in [0, 0.05) is 0 Å². The van der Waals surface area contributed by atoms with Crippen LogP contribution in [0.15, 0.2) is 23.3 Å². The lowest BCUT2D eigenvalue weighted by atomic mass is 9.47. The highest BCUT2D eigenvalue weighted by Gasteiger charge is 2.58. The van der Waals surface area contributed by atoms with Crippen LogP contribution in [0.25, 0.3) is 0 Å². The van der Waals surface area contributed by atoms with E-state index in [0.717, 1.165) is 48.3 Å². The first-order valence-electron chi connectivity index (χ1n) is 12.7. The van der Waals surface area contributed by atoms with Gasteiger partial charge in [-0.25, -0.2) is 0 Å². The van der Waals surface area contributed by atoms with Crippen molar-refractivity contribution in [1.82, 2.24) is 0 Å². The molecule has 1 N–H and O–H groups in total. The molecule has 164 valence electrons. The van der Waals surface area contributed by atoms with Gasteiger partial charge < -0.3 is 5.11 Å². The molecule has 0 spiro atoms. The lowest BCUT2D eigenvalue weighted by Crippen LogP contribution is -2.50. The van der Waals surface area contributed by atoms with E-state index in [1.807, 2.05) is 0 Å². The fourth-order valence-corrected chi connectivity index (χ4v) is 8.82. The molecule has 0 aromatic rings. The van der Waals surface area contributed by atoms with Crippen LogP contribution in [0.2, 0.25) is 0 Å².